The van der Waals surface area contributed by atoms with Crippen molar-refractivity contribution < 1.29 is 9.50 Å². The van der Waals surface area contributed by atoms with Crippen LogP contribution in [0.4, 0.5) is 10.1 Å². The highest BCUT2D eigenvalue weighted by atomic mass is 19.1. The van der Waals surface area contributed by atoms with Crippen molar-refractivity contribution in [3.8, 4) is 11.1 Å². The molecular weight excluding hydrogens is 317 g/mol. The van der Waals surface area contributed by atoms with Crippen LogP contribution in [0.5, 0.6) is 0 Å². The van der Waals surface area contributed by atoms with Crippen molar-refractivity contribution in [3.05, 3.63) is 59.4 Å². The molecule has 5 heteroatoms. The molecule has 1 fully saturated rings. The van der Waals surface area contributed by atoms with Gasteiger partial charge in [0.25, 0.3) is 0 Å². The molecule has 130 valence electrons. The average molecular weight is 339 g/mol. The van der Waals surface area contributed by atoms with Crippen LogP contribution >= 0.6 is 0 Å². The second-order valence-electron chi connectivity index (χ2n) is 6.23. The number of nitrogens with two attached hydrogens (primary N) is 1. The van der Waals surface area contributed by atoms with Crippen molar-refractivity contribution in [2.45, 2.75) is 26.0 Å². The maximum absolute atomic E-state index is 14.5. The molecule has 0 amide bonds. The number of halogens is 1. The number of hydrogen-bond donors (Lipinski definition) is 2. The van der Waals surface area contributed by atoms with Crippen molar-refractivity contribution in [1.29, 1.82) is 0 Å². The fourth-order valence-electron chi connectivity index (χ4n) is 3.48. The molecule has 1 unspecified atom stereocenters. The van der Waals surface area contributed by atoms with Crippen LogP contribution in [0.1, 0.15) is 29.5 Å². The Balaban J connectivity index is 2.27. The van der Waals surface area contributed by atoms with Gasteiger partial charge in [0, 0.05) is 28.9 Å². The predicted molar refractivity (Wildman–Crippen MR) is 101 cm³/mol. The zero-order valence-electron chi connectivity index (χ0n) is 14.2. The van der Waals surface area contributed by atoms with Crippen molar-refractivity contribution in [2.24, 2.45) is 10.9 Å². The molecule has 1 saturated heterocycles. The van der Waals surface area contributed by atoms with Crippen LogP contribution in [0.25, 0.3) is 17.2 Å². The van der Waals surface area contributed by atoms with Crippen LogP contribution in [-0.2, 0) is 0 Å². The van der Waals surface area contributed by atoms with Gasteiger partial charge in [0.05, 0.1) is 6.21 Å². The minimum atomic E-state index is -0.557. The third-order valence-corrected chi connectivity index (χ3v) is 4.65. The van der Waals surface area contributed by atoms with Gasteiger partial charge < -0.3 is 15.8 Å². The minimum absolute atomic E-state index is 0.282. The van der Waals surface area contributed by atoms with Gasteiger partial charge in [-0.3, -0.25) is 0 Å². The van der Waals surface area contributed by atoms with Crippen LogP contribution in [0.2, 0.25) is 0 Å². The first-order chi connectivity index (χ1) is 12.1. The van der Waals surface area contributed by atoms with E-state index in [2.05, 4.69) is 11.7 Å². The molecule has 1 atom stereocenters. The first-order valence-electron chi connectivity index (χ1n) is 8.30. The second kappa shape index (κ2) is 7.07. The summed E-state index contributed by atoms with van der Waals surface area (Å²) in [5.41, 5.74) is 4.49. The van der Waals surface area contributed by atoms with Crippen molar-refractivity contribution in [2.75, 3.05) is 11.4 Å². The van der Waals surface area contributed by atoms with Gasteiger partial charge in [-0.25, -0.2) is 4.39 Å². The minimum Gasteiger partial charge on any atom is -0.374 e. The summed E-state index contributed by atoms with van der Waals surface area (Å²) in [7, 11) is 0. The van der Waals surface area contributed by atoms with E-state index in [0.29, 0.717) is 12.0 Å². The van der Waals surface area contributed by atoms with E-state index in [1.807, 2.05) is 30.0 Å². The fourth-order valence-corrected chi connectivity index (χ4v) is 3.48. The van der Waals surface area contributed by atoms with E-state index in [4.69, 9.17) is 5.84 Å². The highest BCUT2D eigenvalue weighted by molar-refractivity contribution is 5.93. The Hall–Kier alpha value is -2.66. The smallest absolute Gasteiger partial charge is 0.131 e. The molecule has 0 saturated carbocycles. The fraction of sp³-hybridized carbons (Fsp3) is 0.250. The molecule has 1 aliphatic rings. The quantitative estimate of drug-likeness (QED) is 0.508. The number of aliphatic hydroxyl groups excluding tert-OH is 1. The molecule has 0 radical (unpaired) electrons. The predicted octanol–water partition coefficient (Wildman–Crippen LogP) is 3.66. The van der Waals surface area contributed by atoms with Crippen molar-refractivity contribution >= 4 is 18.0 Å². The van der Waals surface area contributed by atoms with Gasteiger partial charge in [0.2, 0.25) is 0 Å². The van der Waals surface area contributed by atoms with Gasteiger partial charge >= 0.3 is 0 Å². The molecule has 0 aromatic heterocycles. The lowest BCUT2D eigenvalue weighted by atomic mass is 9.94. The van der Waals surface area contributed by atoms with Crippen LogP contribution < -0.4 is 10.7 Å². The van der Waals surface area contributed by atoms with E-state index in [9.17, 15) is 9.50 Å². The molecule has 3 rings (SSSR count). The highest BCUT2D eigenvalue weighted by Gasteiger charge is 2.25. The molecule has 0 aliphatic carbocycles. The zero-order chi connectivity index (χ0) is 18.0. The van der Waals surface area contributed by atoms with Crippen LogP contribution in [0.15, 0.2) is 42.0 Å². The lowest BCUT2D eigenvalue weighted by Gasteiger charge is -2.26. The Morgan fingerprint density at radius 2 is 2.20 bits per heavy atom. The highest BCUT2D eigenvalue weighted by Crippen LogP contribution is 2.36. The van der Waals surface area contributed by atoms with Gasteiger partial charge in [-0.15, -0.1) is 0 Å². The van der Waals surface area contributed by atoms with E-state index >= 15 is 0 Å². The largest absolute Gasteiger partial charge is 0.374 e. The van der Waals surface area contributed by atoms with Crippen LogP contribution in [0.3, 0.4) is 0 Å². The van der Waals surface area contributed by atoms with Gasteiger partial charge in [-0.1, -0.05) is 24.8 Å². The normalized spacial score (nSPS) is 17.4. The summed E-state index contributed by atoms with van der Waals surface area (Å²) in [5.74, 6) is 5.08. The summed E-state index contributed by atoms with van der Waals surface area (Å²) >= 11 is 0. The summed E-state index contributed by atoms with van der Waals surface area (Å²) in [6.45, 7) is 6.50. The van der Waals surface area contributed by atoms with Gasteiger partial charge in [-0.2, -0.15) is 5.10 Å². The molecule has 25 heavy (non-hydrogen) atoms. The third-order valence-electron chi connectivity index (χ3n) is 4.65. The summed E-state index contributed by atoms with van der Waals surface area (Å²) in [6, 6.07) is 8.78. The van der Waals surface area contributed by atoms with Gasteiger partial charge in [0.15, 0.2) is 0 Å². The number of hydrogen-bond acceptors (Lipinski definition) is 4. The van der Waals surface area contributed by atoms with E-state index in [0.717, 1.165) is 40.9 Å². The molecule has 2 aromatic rings. The number of aliphatic hydroxyl groups is 1. The monoisotopic (exact) mass is 339 g/mol. The van der Waals surface area contributed by atoms with Crippen molar-refractivity contribution in [1.82, 2.24) is 0 Å². The van der Waals surface area contributed by atoms with Gasteiger partial charge in [0.1, 0.15) is 12.0 Å². The summed E-state index contributed by atoms with van der Waals surface area (Å²) in [6.07, 6.45) is 4.30. The molecule has 3 N–H and O–H groups in total. The van der Waals surface area contributed by atoms with E-state index in [1.165, 1.54) is 12.3 Å². The van der Waals surface area contributed by atoms with Crippen molar-refractivity contribution in [3.63, 3.8) is 0 Å². The van der Waals surface area contributed by atoms with E-state index < -0.39 is 6.23 Å². The Labute approximate surface area is 147 Å². The maximum atomic E-state index is 14.5. The standard InChI is InChI=1S/C20H22FN3O/c1-3-16-15(12-23-22)10-14(20-13(2)6-4-7-17(20)21)11-18(16)24-9-5-8-19(24)25/h3-4,6-7,10-12,19,25H,1,5,8-9,22H2,2H3/b23-12-. The maximum Gasteiger partial charge on any atom is 0.131 e. The lowest BCUT2D eigenvalue weighted by Crippen LogP contribution is -2.29. The first-order valence-corrected chi connectivity index (χ1v) is 8.30. The number of rotatable bonds is 4. The third kappa shape index (κ3) is 3.15. The summed E-state index contributed by atoms with van der Waals surface area (Å²) in [5, 5.41) is 13.9. The lowest BCUT2D eigenvalue weighted by molar-refractivity contribution is 0.185. The van der Waals surface area contributed by atoms with Crippen LogP contribution in [-0.4, -0.2) is 24.1 Å². The number of benzene rings is 2. The molecule has 2 aromatic carbocycles. The molecule has 0 spiro atoms. The van der Waals surface area contributed by atoms with Crippen LogP contribution in [0, 0.1) is 12.7 Å². The number of hydrazone groups is 1. The number of anilines is 1. The second-order valence-corrected chi connectivity index (χ2v) is 6.23. The SMILES string of the molecule is C=Cc1c(/C=N\N)cc(-c2c(C)cccc2F)cc1N1CCCC1O. The molecule has 1 heterocycles. The summed E-state index contributed by atoms with van der Waals surface area (Å²) in [4.78, 5) is 1.92. The number of aryl methyl sites for hydroxylation is 1. The Morgan fingerprint density at radius 1 is 1.40 bits per heavy atom. The van der Waals surface area contributed by atoms with E-state index in [1.54, 1.807) is 12.1 Å². The molecule has 1 aliphatic heterocycles. The summed E-state index contributed by atoms with van der Waals surface area (Å²) < 4.78 is 14.5. The first kappa shape index (κ1) is 17.2. The Kier molecular flexibility index (Phi) is 4.86. The molecule has 0 bridgehead atoms. The Bertz CT molecular complexity index is 812. The molecule has 4 nitrogen and oxygen atoms in total. The van der Waals surface area contributed by atoms with Gasteiger partial charge in [-0.05, 0) is 49.1 Å². The topological polar surface area (TPSA) is 61.8 Å². The average Bonchev–Trinajstić information content (AvgIpc) is 3.00. The van der Waals surface area contributed by atoms with E-state index in [-0.39, 0.29) is 5.82 Å². The number of nitrogens with zero attached hydrogens (tertiary/aromatic N) is 2. The zero-order valence-corrected chi connectivity index (χ0v) is 14.2. The Morgan fingerprint density at radius 3 is 2.80 bits per heavy atom. The molecular formula is C20H22FN3O.